The van der Waals surface area contributed by atoms with Crippen LogP contribution < -0.4 is 10.6 Å². The number of carbonyl (C=O) groups excluding carboxylic acids is 2. The van der Waals surface area contributed by atoms with Crippen molar-refractivity contribution < 1.29 is 19.5 Å². The fraction of sp³-hybridized carbons (Fsp3) is 0.318. The lowest BCUT2D eigenvalue weighted by atomic mass is 9.86. The Morgan fingerprint density at radius 2 is 1.57 bits per heavy atom. The summed E-state index contributed by atoms with van der Waals surface area (Å²) in [7, 11) is 0. The lowest BCUT2D eigenvalue weighted by molar-refractivity contribution is -0.141. The van der Waals surface area contributed by atoms with Crippen LogP contribution in [0.3, 0.4) is 0 Å². The first-order chi connectivity index (χ1) is 13.2. The number of carboxylic acids is 1. The minimum Gasteiger partial charge on any atom is -0.480 e. The van der Waals surface area contributed by atoms with Gasteiger partial charge in [0, 0.05) is 12.0 Å². The summed E-state index contributed by atoms with van der Waals surface area (Å²) in [6, 6.07) is 15.1. The molecule has 1 atom stereocenters. The topological polar surface area (TPSA) is 95.5 Å². The molecule has 2 rings (SSSR count). The molecule has 2 amide bonds. The van der Waals surface area contributed by atoms with E-state index in [4.69, 9.17) is 0 Å². The van der Waals surface area contributed by atoms with Crippen LogP contribution >= 0.6 is 0 Å². The summed E-state index contributed by atoms with van der Waals surface area (Å²) in [4.78, 5) is 35.6. The van der Waals surface area contributed by atoms with Crippen molar-refractivity contribution in [2.24, 2.45) is 0 Å². The first kappa shape index (κ1) is 21.2. The van der Waals surface area contributed by atoms with Gasteiger partial charge in [-0.3, -0.25) is 9.59 Å². The normalized spacial score (nSPS) is 12.1. The molecule has 0 fully saturated rings. The summed E-state index contributed by atoms with van der Waals surface area (Å²) in [6.45, 7) is 6.02. The number of rotatable bonds is 7. The molecule has 0 saturated carbocycles. The smallest absolute Gasteiger partial charge is 0.326 e. The van der Waals surface area contributed by atoms with Crippen molar-refractivity contribution in [3.05, 3.63) is 71.3 Å². The van der Waals surface area contributed by atoms with Gasteiger partial charge >= 0.3 is 5.97 Å². The highest BCUT2D eigenvalue weighted by Crippen LogP contribution is 2.22. The SMILES string of the molecule is CC(C)(C)c1ccc(C[C@@H](NC(=O)CNC(=O)c2ccccc2)C(=O)O)cc1. The molecule has 2 aromatic carbocycles. The van der Waals surface area contributed by atoms with Crippen LogP contribution in [0, 0.1) is 0 Å². The molecule has 0 aliphatic carbocycles. The molecule has 0 spiro atoms. The Labute approximate surface area is 165 Å². The molecule has 0 saturated heterocycles. The Balaban J connectivity index is 1.92. The standard InChI is InChI=1S/C22H26N2O4/c1-22(2,3)17-11-9-15(10-12-17)13-18(21(27)28)24-19(25)14-23-20(26)16-7-5-4-6-8-16/h4-12,18H,13-14H2,1-3H3,(H,23,26)(H,24,25)(H,27,28)/t18-/m1/s1. The van der Waals surface area contributed by atoms with E-state index >= 15 is 0 Å². The van der Waals surface area contributed by atoms with Gasteiger partial charge in [-0.1, -0.05) is 63.2 Å². The van der Waals surface area contributed by atoms with E-state index in [1.54, 1.807) is 30.3 Å². The maximum atomic E-state index is 12.1. The number of amides is 2. The lowest BCUT2D eigenvalue weighted by Crippen LogP contribution is -2.46. The van der Waals surface area contributed by atoms with Crippen LogP contribution in [-0.2, 0) is 21.4 Å². The van der Waals surface area contributed by atoms with Crippen molar-refractivity contribution >= 4 is 17.8 Å². The van der Waals surface area contributed by atoms with Crippen LogP contribution in [0.1, 0.15) is 42.3 Å². The minimum atomic E-state index is -1.12. The number of benzene rings is 2. The van der Waals surface area contributed by atoms with Crippen molar-refractivity contribution in [3.63, 3.8) is 0 Å². The molecular formula is C22H26N2O4. The Morgan fingerprint density at radius 3 is 2.11 bits per heavy atom. The second kappa shape index (κ2) is 9.17. The van der Waals surface area contributed by atoms with Crippen LogP contribution in [0.5, 0.6) is 0 Å². The summed E-state index contributed by atoms with van der Waals surface area (Å²) in [5.41, 5.74) is 2.41. The highest BCUT2D eigenvalue weighted by Gasteiger charge is 2.21. The van der Waals surface area contributed by atoms with Gasteiger partial charge < -0.3 is 15.7 Å². The van der Waals surface area contributed by atoms with Crippen LogP contribution in [-0.4, -0.2) is 35.5 Å². The second-order valence-electron chi connectivity index (χ2n) is 7.66. The number of hydrogen-bond acceptors (Lipinski definition) is 3. The van der Waals surface area contributed by atoms with Crippen molar-refractivity contribution in [2.75, 3.05) is 6.54 Å². The van der Waals surface area contributed by atoms with Crippen molar-refractivity contribution in [3.8, 4) is 0 Å². The maximum Gasteiger partial charge on any atom is 0.326 e. The third-order valence-corrected chi connectivity index (χ3v) is 4.34. The summed E-state index contributed by atoms with van der Waals surface area (Å²) >= 11 is 0. The summed E-state index contributed by atoms with van der Waals surface area (Å²) < 4.78 is 0. The van der Waals surface area contributed by atoms with Crippen molar-refractivity contribution in [1.29, 1.82) is 0 Å². The molecule has 6 nitrogen and oxygen atoms in total. The Hall–Kier alpha value is -3.15. The molecule has 28 heavy (non-hydrogen) atoms. The van der Waals surface area contributed by atoms with Gasteiger partial charge in [-0.25, -0.2) is 4.79 Å². The quantitative estimate of drug-likeness (QED) is 0.686. The third-order valence-electron chi connectivity index (χ3n) is 4.34. The summed E-state index contributed by atoms with van der Waals surface area (Å²) in [5.74, 6) is -2.06. The number of nitrogens with one attached hydrogen (secondary N) is 2. The molecular weight excluding hydrogens is 356 g/mol. The maximum absolute atomic E-state index is 12.1. The summed E-state index contributed by atoms with van der Waals surface area (Å²) in [6.07, 6.45) is 0.165. The van der Waals surface area contributed by atoms with Crippen LogP contribution in [0.4, 0.5) is 0 Å². The highest BCUT2D eigenvalue weighted by molar-refractivity contribution is 5.96. The van der Waals surface area contributed by atoms with E-state index in [-0.39, 0.29) is 24.3 Å². The first-order valence-corrected chi connectivity index (χ1v) is 9.11. The number of carbonyl (C=O) groups is 3. The minimum absolute atomic E-state index is 0.00983. The van der Waals surface area contributed by atoms with E-state index in [0.29, 0.717) is 5.56 Å². The lowest BCUT2D eigenvalue weighted by Gasteiger charge is -2.20. The van der Waals surface area contributed by atoms with Crippen LogP contribution in [0.15, 0.2) is 54.6 Å². The van der Waals surface area contributed by atoms with Gasteiger partial charge in [0.2, 0.25) is 5.91 Å². The van der Waals surface area contributed by atoms with E-state index < -0.39 is 17.9 Å². The van der Waals surface area contributed by atoms with Gasteiger partial charge in [-0.15, -0.1) is 0 Å². The predicted octanol–water partition coefficient (Wildman–Crippen LogP) is 2.53. The number of hydrogen-bond donors (Lipinski definition) is 3. The fourth-order valence-electron chi connectivity index (χ4n) is 2.67. The van der Waals surface area contributed by atoms with E-state index in [1.807, 2.05) is 24.3 Å². The van der Waals surface area contributed by atoms with Gasteiger partial charge in [0.15, 0.2) is 0 Å². The zero-order valence-corrected chi connectivity index (χ0v) is 16.4. The molecule has 2 aromatic rings. The molecule has 148 valence electrons. The van der Waals surface area contributed by atoms with Crippen LogP contribution in [0.2, 0.25) is 0 Å². The average Bonchev–Trinajstić information content (AvgIpc) is 2.66. The Bertz CT molecular complexity index is 824. The Morgan fingerprint density at radius 1 is 0.964 bits per heavy atom. The van der Waals surface area contributed by atoms with Gasteiger partial charge in [0.25, 0.3) is 5.91 Å². The van der Waals surface area contributed by atoms with Gasteiger partial charge in [-0.2, -0.15) is 0 Å². The monoisotopic (exact) mass is 382 g/mol. The largest absolute Gasteiger partial charge is 0.480 e. The summed E-state index contributed by atoms with van der Waals surface area (Å²) in [5, 5.41) is 14.4. The molecule has 0 aromatic heterocycles. The molecule has 3 N–H and O–H groups in total. The molecule has 0 aliphatic heterocycles. The molecule has 0 bridgehead atoms. The molecule has 6 heteroatoms. The van der Waals surface area contributed by atoms with E-state index in [0.717, 1.165) is 11.1 Å². The zero-order valence-electron chi connectivity index (χ0n) is 16.4. The van der Waals surface area contributed by atoms with Crippen LogP contribution in [0.25, 0.3) is 0 Å². The highest BCUT2D eigenvalue weighted by atomic mass is 16.4. The molecule has 0 radical (unpaired) electrons. The molecule has 0 aliphatic rings. The third kappa shape index (κ3) is 6.23. The van der Waals surface area contributed by atoms with Gasteiger partial charge in [-0.05, 0) is 28.7 Å². The predicted molar refractivity (Wildman–Crippen MR) is 107 cm³/mol. The van der Waals surface area contributed by atoms with Crippen molar-refractivity contribution in [1.82, 2.24) is 10.6 Å². The zero-order chi connectivity index (χ0) is 20.7. The fourth-order valence-corrected chi connectivity index (χ4v) is 2.67. The Kier molecular flexibility index (Phi) is 6.93. The molecule has 0 unspecified atom stereocenters. The van der Waals surface area contributed by atoms with Crippen molar-refractivity contribution in [2.45, 2.75) is 38.6 Å². The second-order valence-corrected chi connectivity index (χ2v) is 7.66. The average molecular weight is 382 g/mol. The number of carboxylic acid groups (broad SMARTS) is 1. The number of aliphatic carboxylic acids is 1. The van der Waals surface area contributed by atoms with Gasteiger partial charge in [0.1, 0.15) is 6.04 Å². The van der Waals surface area contributed by atoms with E-state index in [1.165, 1.54) is 0 Å². The van der Waals surface area contributed by atoms with E-state index in [9.17, 15) is 19.5 Å². The van der Waals surface area contributed by atoms with Gasteiger partial charge in [0.05, 0.1) is 6.54 Å². The first-order valence-electron chi connectivity index (χ1n) is 9.11. The van der Waals surface area contributed by atoms with E-state index in [2.05, 4.69) is 31.4 Å². The molecule has 0 heterocycles.